The molecule has 1 saturated carbocycles. The van der Waals surface area contributed by atoms with Crippen LogP contribution in [0.2, 0.25) is 0 Å². The molecule has 0 aromatic rings. The molecule has 0 amide bonds. The third-order valence-corrected chi connectivity index (χ3v) is 4.21. The fourth-order valence-corrected chi connectivity index (χ4v) is 2.78. The Morgan fingerprint density at radius 1 is 0.826 bits per heavy atom. The van der Waals surface area contributed by atoms with Crippen molar-refractivity contribution in [3.05, 3.63) is 0 Å². The van der Waals surface area contributed by atoms with Gasteiger partial charge in [0.15, 0.2) is 0 Å². The summed E-state index contributed by atoms with van der Waals surface area (Å²) in [6.07, 6.45) is 4.19. The van der Waals surface area contributed by atoms with Crippen LogP contribution < -0.4 is 0 Å². The first-order valence-electron chi connectivity index (χ1n) is 8.55. The van der Waals surface area contributed by atoms with Crippen LogP contribution in [0.15, 0.2) is 0 Å². The third-order valence-electron chi connectivity index (χ3n) is 4.21. The van der Waals surface area contributed by atoms with Crippen LogP contribution in [0.1, 0.15) is 58.8 Å². The number of esters is 2. The van der Waals surface area contributed by atoms with Crippen LogP contribution in [0.4, 0.5) is 0 Å². The molecule has 1 aliphatic carbocycles. The highest BCUT2D eigenvalue weighted by atomic mass is 16.5. The van der Waals surface area contributed by atoms with Crippen LogP contribution in [0, 0.1) is 17.8 Å². The number of hydrogen-bond acceptors (Lipinski definition) is 5. The Morgan fingerprint density at radius 3 is 1.57 bits per heavy atom. The van der Waals surface area contributed by atoms with E-state index in [0.29, 0.717) is 19.6 Å². The highest BCUT2D eigenvalue weighted by Crippen LogP contribution is 2.35. The standard InChI is InChI=1S/C17H28O6/c1-3-5-7-22-16(20)13-9-12(15(18)19)10-14(11-13)17(21)23-8-6-4-2/h12-14H,3-11H2,1-2H3,(H,18,19). The van der Waals surface area contributed by atoms with Crippen molar-refractivity contribution in [2.24, 2.45) is 17.8 Å². The van der Waals surface area contributed by atoms with Gasteiger partial charge >= 0.3 is 17.9 Å². The largest absolute Gasteiger partial charge is 0.481 e. The Bertz CT molecular complexity index is 376. The van der Waals surface area contributed by atoms with E-state index in [1.165, 1.54) is 0 Å². The molecule has 0 aliphatic heterocycles. The number of ether oxygens (including phenoxy) is 2. The predicted octanol–water partition coefficient (Wildman–Crippen LogP) is 2.79. The third kappa shape index (κ3) is 6.59. The van der Waals surface area contributed by atoms with E-state index in [9.17, 15) is 19.5 Å². The second kappa shape index (κ2) is 10.2. The van der Waals surface area contributed by atoms with Gasteiger partial charge in [-0.15, -0.1) is 0 Å². The predicted molar refractivity (Wildman–Crippen MR) is 83.7 cm³/mol. The molecule has 0 aromatic heterocycles. The molecule has 2 unspecified atom stereocenters. The van der Waals surface area contributed by atoms with E-state index < -0.39 is 35.7 Å². The van der Waals surface area contributed by atoms with Crippen molar-refractivity contribution in [3.63, 3.8) is 0 Å². The lowest BCUT2D eigenvalue weighted by atomic mass is 9.75. The summed E-state index contributed by atoms with van der Waals surface area (Å²) in [6, 6.07) is 0. The molecule has 132 valence electrons. The molecule has 6 heteroatoms. The van der Waals surface area contributed by atoms with Crippen LogP contribution >= 0.6 is 0 Å². The second-order valence-corrected chi connectivity index (χ2v) is 6.18. The van der Waals surface area contributed by atoms with Crippen molar-refractivity contribution in [3.8, 4) is 0 Å². The first-order chi connectivity index (χ1) is 11.0. The van der Waals surface area contributed by atoms with Crippen molar-refractivity contribution in [2.45, 2.75) is 58.8 Å². The average Bonchev–Trinajstić information content (AvgIpc) is 2.54. The molecule has 1 fully saturated rings. The number of rotatable bonds is 9. The van der Waals surface area contributed by atoms with Crippen molar-refractivity contribution >= 4 is 17.9 Å². The van der Waals surface area contributed by atoms with Crippen LogP contribution in [0.3, 0.4) is 0 Å². The maximum absolute atomic E-state index is 12.1. The van der Waals surface area contributed by atoms with Gasteiger partial charge in [0.2, 0.25) is 0 Å². The number of carboxylic acids is 1. The van der Waals surface area contributed by atoms with E-state index in [2.05, 4.69) is 0 Å². The smallest absolute Gasteiger partial charge is 0.308 e. The summed E-state index contributed by atoms with van der Waals surface area (Å²) in [5.74, 6) is -3.53. The average molecular weight is 328 g/mol. The molecule has 1 rings (SSSR count). The van der Waals surface area contributed by atoms with E-state index in [4.69, 9.17) is 9.47 Å². The molecule has 0 aromatic carbocycles. The van der Waals surface area contributed by atoms with Crippen LogP contribution in [0.25, 0.3) is 0 Å². The fraction of sp³-hybridized carbons (Fsp3) is 0.824. The molecule has 1 aliphatic rings. The molecular formula is C17H28O6. The van der Waals surface area contributed by atoms with E-state index >= 15 is 0 Å². The molecule has 0 spiro atoms. The van der Waals surface area contributed by atoms with Gasteiger partial charge in [-0.05, 0) is 32.1 Å². The van der Waals surface area contributed by atoms with Crippen molar-refractivity contribution in [1.29, 1.82) is 0 Å². The van der Waals surface area contributed by atoms with Gasteiger partial charge in [-0.1, -0.05) is 26.7 Å². The Hall–Kier alpha value is -1.59. The molecule has 0 bridgehead atoms. The van der Waals surface area contributed by atoms with Crippen molar-refractivity contribution in [1.82, 2.24) is 0 Å². The number of hydrogen-bond donors (Lipinski definition) is 1. The van der Waals surface area contributed by atoms with Crippen molar-refractivity contribution in [2.75, 3.05) is 13.2 Å². The van der Waals surface area contributed by atoms with Gasteiger partial charge in [0.05, 0.1) is 31.0 Å². The van der Waals surface area contributed by atoms with Crippen LogP contribution in [-0.4, -0.2) is 36.2 Å². The van der Waals surface area contributed by atoms with Gasteiger partial charge in [0.25, 0.3) is 0 Å². The van der Waals surface area contributed by atoms with Gasteiger partial charge in [-0.2, -0.15) is 0 Å². The molecule has 6 nitrogen and oxygen atoms in total. The Balaban J connectivity index is 2.63. The molecule has 23 heavy (non-hydrogen) atoms. The normalized spacial score (nSPS) is 24.0. The Labute approximate surface area is 137 Å². The first kappa shape index (κ1) is 19.5. The summed E-state index contributed by atoms with van der Waals surface area (Å²) in [5.41, 5.74) is 0. The fourth-order valence-electron chi connectivity index (χ4n) is 2.78. The molecular weight excluding hydrogens is 300 g/mol. The quantitative estimate of drug-likeness (QED) is 0.517. The maximum atomic E-state index is 12.1. The summed E-state index contributed by atoms with van der Waals surface area (Å²) >= 11 is 0. The Kier molecular flexibility index (Phi) is 8.66. The van der Waals surface area contributed by atoms with Crippen LogP contribution in [0.5, 0.6) is 0 Å². The number of carboxylic acid groups (broad SMARTS) is 1. The highest BCUT2D eigenvalue weighted by molar-refractivity contribution is 5.79. The van der Waals surface area contributed by atoms with Gasteiger partial charge < -0.3 is 14.6 Å². The van der Waals surface area contributed by atoms with Crippen molar-refractivity contribution < 1.29 is 29.0 Å². The minimum absolute atomic E-state index is 0.235. The SMILES string of the molecule is CCCCOC(=O)C1CC(C(=O)O)CC(C(=O)OCCCC)C1. The molecule has 2 atom stereocenters. The highest BCUT2D eigenvalue weighted by Gasteiger charge is 2.40. The maximum Gasteiger partial charge on any atom is 0.308 e. The molecule has 0 radical (unpaired) electrons. The lowest BCUT2D eigenvalue weighted by molar-refractivity contribution is -0.159. The van der Waals surface area contributed by atoms with Gasteiger partial charge in [-0.25, -0.2) is 0 Å². The monoisotopic (exact) mass is 328 g/mol. The molecule has 0 saturated heterocycles. The lowest BCUT2D eigenvalue weighted by Crippen LogP contribution is -2.36. The molecule has 0 heterocycles. The lowest BCUT2D eigenvalue weighted by Gasteiger charge is -2.30. The summed E-state index contributed by atoms with van der Waals surface area (Å²) in [7, 11) is 0. The second-order valence-electron chi connectivity index (χ2n) is 6.18. The van der Waals surface area contributed by atoms with E-state index in [0.717, 1.165) is 25.7 Å². The number of carbonyl (C=O) groups is 3. The van der Waals surface area contributed by atoms with Gasteiger partial charge in [0.1, 0.15) is 0 Å². The Morgan fingerprint density at radius 2 is 1.22 bits per heavy atom. The summed E-state index contributed by atoms with van der Waals surface area (Å²) in [5, 5.41) is 9.26. The summed E-state index contributed by atoms with van der Waals surface area (Å²) in [4.78, 5) is 35.5. The summed E-state index contributed by atoms with van der Waals surface area (Å²) < 4.78 is 10.4. The number of carbonyl (C=O) groups excluding carboxylic acids is 2. The zero-order valence-corrected chi connectivity index (χ0v) is 14.1. The minimum Gasteiger partial charge on any atom is -0.481 e. The van der Waals surface area contributed by atoms with E-state index in [1.807, 2.05) is 13.8 Å². The van der Waals surface area contributed by atoms with E-state index in [1.54, 1.807) is 0 Å². The first-order valence-corrected chi connectivity index (χ1v) is 8.55. The zero-order valence-electron chi connectivity index (χ0n) is 14.1. The topological polar surface area (TPSA) is 89.9 Å². The van der Waals surface area contributed by atoms with E-state index in [-0.39, 0.29) is 12.8 Å². The zero-order chi connectivity index (χ0) is 17.2. The van der Waals surface area contributed by atoms with Gasteiger partial charge in [0, 0.05) is 0 Å². The van der Waals surface area contributed by atoms with Crippen LogP contribution in [-0.2, 0) is 23.9 Å². The minimum atomic E-state index is -0.970. The number of unbranched alkanes of at least 4 members (excludes halogenated alkanes) is 2. The molecule has 1 N–H and O–H groups in total. The summed E-state index contributed by atoms with van der Waals surface area (Å²) in [6.45, 7) is 4.68. The van der Waals surface area contributed by atoms with Gasteiger partial charge in [-0.3, -0.25) is 14.4 Å². The number of aliphatic carboxylic acids is 1.